The summed E-state index contributed by atoms with van der Waals surface area (Å²) in [6.45, 7) is 0.714. The molecule has 6 heteroatoms. The maximum Gasteiger partial charge on any atom is 0.227 e. The molecule has 0 radical (unpaired) electrons. The van der Waals surface area contributed by atoms with Gasteiger partial charge in [-0.15, -0.1) is 11.3 Å². The van der Waals surface area contributed by atoms with Crippen molar-refractivity contribution in [3.8, 4) is 0 Å². The van der Waals surface area contributed by atoms with E-state index in [2.05, 4.69) is 5.32 Å². The molecule has 0 bridgehead atoms. The van der Waals surface area contributed by atoms with Gasteiger partial charge in [-0.05, 0) is 36.1 Å². The highest BCUT2D eigenvalue weighted by atomic mass is 32.1. The number of hydrogen-bond acceptors (Lipinski definition) is 4. The molecular weight excluding hydrogens is 324 g/mol. The van der Waals surface area contributed by atoms with Crippen LogP contribution in [-0.2, 0) is 9.59 Å². The molecule has 24 heavy (non-hydrogen) atoms. The first-order valence-electron chi connectivity index (χ1n) is 7.90. The minimum Gasteiger partial charge on any atom is -0.326 e. The first-order chi connectivity index (χ1) is 11.6. The number of amides is 2. The van der Waals surface area contributed by atoms with Crippen molar-refractivity contribution in [3.63, 3.8) is 0 Å². The number of hydrogen-bond donors (Lipinski definition) is 1. The molecule has 1 aromatic carbocycles. The molecule has 0 saturated carbocycles. The number of carbonyl (C=O) groups excluding carboxylic acids is 3. The van der Waals surface area contributed by atoms with Gasteiger partial charge in [-0.2, -0.15) is 0 Å². The summed E-state index contributed by atoms with van der Waals surface area (Å²) < 4.78 is 0. The SMILES string of the molecule is O=C(CCC(=O)c1cccs1)Nc1cccc(N2CCCC2=O)c1. The lowest BCUT2D eigenvalue weighted by molar-refractivity contribution is -0.117. The van der Waals surface area contributed by atoms with Gasteiger partial charge in [0.05, 0.1) is 4.88 Å². The van der Waals surface area contributed by atoms with Gasteiger partial charge in [0.2, 0.25) is 11.8 Å². The van der Waals surface area contributed by atoms with Crippen LogP contribution in [-0.4, -0.2) is 24.1 Å². The zero-order valence-electron chi connectivity index (χ0n) is 13.2. The summed E-state index contributed by atoms with van der Waals surface area (Å²) in [5.74, 6) is -0.110. The minimum atomic E-state index is -0.204. The lowest BCUT2D eigenvalue weighted by Crippen LogP contribution is -2.23. The second kappa shape index (κ2) is 7.40. The van der Waals surface area contributed by atoms with Gasteiger partial charge < -0.3 is 10.2 Å². The van der Waals surface area contributed by atoms with Gasteiger partial charge in [-0.1, -0.05) is 12.1 Å². The Hall–Kier alpha value is -2.47. The van der Waals surface area contributed by atoms with Gasteiger partial charge in [-0.3, -0.25) is 14.4 Å². The van der Waals surface area contributed by atoms with Crippen LogP contribution in [0.1, 0.15) is 35.4 Å². The number of Topliss-reactive ketones (excluding diaryl/α,β-unsaturated/α-hetero) is 1. The molecule has 1 N–H and O–H groups in total. The normalized spacial score (nSPS) is 14.0. The quantitative estimate of drug-likeness (QED) is 0.817. The van der Waals surface area contributed by atoms with Gasteiger partial charge in [0, 0.05) is 37.2 Å². The smallest absolute Gasteiger partial charge is 0.227 e. The van der Waals surface area contributed by atoms with E-state index in [9.17, 15) is 14.4 Å². The second-order valence-corrected chi connectivity index (χ2v) is 6.60. The Bertz CT molecular complexity index is 755. The monoisotopic (exact) mass is 342 g/mol. The van der Waals surface area contributed by atoms with E-state index in [1.54, 1.807) is 23.1 Å². The fourth-order valence-electron chi connectivity index (χ4n) is 2.68. The van der Waals surface area contributed by atoms with Crippen molar-refractivity contribution in [1.29, 1.82) is 0 Å². The lowest BCUT2D eigenvalue weighted by atomic mass is 10.2. The molecule has 2 amide bonds. The number of nitrogens with zero attached hydrogens (tertiary/aromatic N) is 1. The van der Waals surface area contributed by atoms with Crippen molar-refractivity contribution in [3.05, 3.63) is 46.7 Å². The molecule has 0 atom stereocenters. The number of anilines is 2. The van der Waals surface area contributed by atoms with Crippen LogP contribution in [0.5, 0.6) is 0 Å². The average Bonchev–Trinajstić information content (AvgIpc) is 3.24. The summed E-state index contributed by atoms with van der Waals surface area (Å²) >= 11 is 1.38. The maximum atomic E-state index is 12.0. The van der Waals surface area contributed by atoms with Crippen molar-refractivity contribution in [2.75, 3.05) is 16.8 Å². The Morgan fingerprint density at radius 1 is 1.17 bits per heavy atom. The first-order valence-corrected chi connectivity index (χ1v) is 8.78. The molecule has 1 saturated heterocycles. The molecule has 3 rings (SSSR count). The lowest BCUT2D eigenvalue weighted by Gasteiger charge is -2.16. The fourth-order valence-corrected chi connectivity index (χ4v) is 3.38. The van der Waals surface area contributed by atoms with Crippen LogP contribution in [0.25, 0.3) is 0 Å². The molecule has 5 nitrogen and oxygen atoms in total. The Morgan fingerprint density at radius 3 is 2.75 bits per heavy atom. The van der Waals surface area contributed by atoms with E-state index < -0.39 is 0 Å². The highest BCUT2D eigenvalue weighted by Gasteiger charge is 2.21. The highest BCUT2D eigenvalue weighted by molar-refractivity contribution is 7.12. The molecule has 0 spiro atoms. The predicted molar refractivity (Wildman–Crippen MR) is 94.5 cm³/mol. The number of ketones is 1. The largest absolute Gasteiger partial charge is 0.326 e. The molecule has 1 fully saturated rings. The van der Waals surface area contributed by atoms with Gasteiger partial charge in [0.1, 0.15) is 0 Å². The Morgan fingerprint density at radius 2 is 2.04 bits per heavy atom. The third kappa shape index (κ3) is 3.89. The third-order valence-electron chi connectivity index (χ3n) is 3.89. The summed E-state index contributed by atoms with van der Waals surface area (Å²) in [4.78, 5) is 38.2. The van der Waals surface area contributed by atoms with Crippen molar-refractivity contribution in [2.24, 2.45) is 0 Å². The van der Waals surface area contributed by atoms with Crippen molar-refractivity contribution >= 4 is 40.3 Å². The topological polar surface area (TPSA) is 66.5 Å². The van der Waals surface area contributed by atoms with Gasteiger partial charge in [0.25, 0.3) is 0 Å². The van der Waals surface area contributed by atoms with Gasteiger partial charge >= 0.3 is 0 Å². The number of nitrogens with one attached hydrogen (secondary N) is 1. The highest BCUT2D eigenvalue weighted by Crippen LogP contribution is 2.24. The summed E-state index contributed by atoms with van der Waals surface area (Å²) in [6.07, 6.45) is 1.77. The fraction of sp³-hybridized carbons (Fsp3) is 0.278. The van der Waals surface area contributed by atoms with Crippen molar-refractivity contribution < 1.29 is 14.4 Å². The first kappa shape index (κ1) is 16.4. The van der Waals surface area contributed by atoms with E-state index in [-0.39, 0.29) is 30.4 Å². The van der Waals surface area contributed by atoms with Crippen LogP contribution in [0, 0.1) is 0 Å². The standard InChI is InChI=1S/C18H18N2O3S/c21-15(16-6-3-11-24-16)8-9-17(22)19-13-4-1-5-14(12-13)20-10-2-7-18(20)23/h1,3-6,11-12H,2,7-10H2,(H,19,22). The second-order valence-electron chi connectivity index (χ2n) is 5.65. The van der Waals surface area contributed by atoms with E-state index >= 15 is 0 Å². The molecule has 124 valence electrons. The van der Waals surface area contributed by atoms with Gasteiger partial charge in [-0.25, -0.2) is 0 Å². The number of carbonyl (C=O) groups is 3. The van der Waals surface area contributed by atoms with E-state index in [0.717, 1.165) is 12.1 Å². The molecule has 1 aliphatic rings. The number of thiophene rings is 1. The Balaban J connectivity index is 1.56. The minimum absolute atomic E-state index is 0.0171. The summed E-state index contributed by atoms with van der Waals surface area (Å²) in [5.41, 5.74) is 1.44. The molecule has 2 heterocycles. The zero-order chi connectivity index (χ0) is 16.9. The van der Waals surface area contributed by atoms with Crippen molar-refractivity contribution in [2.45, 2.75) is 25.7 Å². The summed E-state index contributed by atoms with van der Waals surface area (Å²) in [7, 11) is 0. The molecule has 0 aliphatic carbocycles. The zero-order valence-corrected chi connectivity index (χ0v) is 14.0. The molecule has 0 unspecified atom stereocenters. The maximum absolute atomic E-state index is 12.0. The Labute approximate surface area is 144 Å². The molecule has 1 aromatic heterocycles. The molecule has 1 aliphatic heterocycles. The van der Waals surface area contributed by atoms with Crippen LogP contribution in [0.2, 0.25) is 0 Å². The Kier molecular flexibility index (Phi) is 5.05. The van der Waals surface area contributed by atoms with E-state index in [1.807, 2.05) is 23.6 Å². The molecule has 2 aromatic rings. The van der Waals surface area contributed by atoms with E-state index in [1.165, 1.54) is 11.3 Å². The van der Waals surface area contributed by atoms with Gasteiger partial charge in [0.15, 0.2) is 5.78 Å². The average molecular weight is 342 g/mol. The summed E-state index contributed by atoms with van der Waals surface area (Å²) in [5, 5.41) is 4.64. The van der Waals surface area contributed by atoms with E-state index in [0.29, 0.717) is 23.5 Å². The van der Waals surface area contributed by atoms with Crippen LogP contribution in [0.3, 0.4) is 0 Å². The third-order valence-corrected chi connectivity index (χ3v) is 4.80. The predicted octanol–water partition coefficient (Wildman–Crippen LogP) is 3.48. The van der Waals surface area contributed by atoms with Crippen LogP contribution in [0.15, 0.2) is 41.8 Å². The van der Waals surface area contributed by atoms with Crippen molar-refractivity contribution in [1.82, 2.24) is 0 Å². The van der Waals surface area contributed by atoms with Crippen LogP contribution >= 0.6 is 11.3 Å². The van der Waals surface area contributed by atoms with Crippen LogP contribution in [0.4, 0.5) is 11.4 Å². The molecular formula is C18H18N2O3S. The number of benzene rings is 1. The summed E-state index contributed by atoms with van der Waals surface area (Å²) in [6, 6.07) is 10.8. The van der Waals surface area contributed by atoms with Crippen LogP contribution < -0.4 is 10.2 Å². The van der Waals surface area contributed by atoms with E-state index in [4.69, 9.17) is 0 Å². The number of rotatable bonds is 6.